The van der Waals surface area contributed by atoms with Crippen molar-refractivity contribution < 1.29 is 8.42 Å². The Morgan fingerprint density at radius 1 is 1.09 bits per heavy atom. The summed E-state index contributed by atoms with van der Waals surface area (Å²) in [6, 6.07) is 4.69. The van der Waals surface area contributed by atoms with Crippen molar-refractivity contribution in [2.24, 2.45) is 20.0 Å². The van der Waals surface area contributed by atoms with Crippen LogP contribution in [-0.2, 0) is 24.1 Å². The molecule has 0 bridgehead atoms. The first-order valence-electron chi connectivity index (χ1n) is 7.57. The molecule has 2 aromatic rings. The molecule has 1 aliphatic rings. The molecule has 23 heavy (non-hydrogen) atoms. The lowest BCUT2D eigenvalue weighted by Gasteiger charge is -2.16. The SMILES string of the molecule is C[C@H]1CN(C)C[C@H]1NS(=O)(=O)c1ccc2c(c1)n(C)c(=O)n2C. The third-order valence-electron chi connectivity index (χ3n) is 4.66. The number of rotatable bonds is 3. The number of likely N-dealkylation sites (tertiary alicyclic amines) is 1. The van der Waals surface area contributed by atoms with Gasteiger partial charge >= 0.3 is 5.69 Å². The lowest BCUT2D eigenvalue weighted by Crippen LogP contribution is -2.39. The zero-order valence-corrected chi connectivity index (χ0v) is 14.6. The van der Waals surface area contributed by atoms with Gasteiger partial charge in [-0.05, 0) is 31.2 Å². The fourth-order valence-electron chi connectivity index (χ4n) is 3.28. The average molecular weight is 338 g/mol. The van der Waals surface area contributed by atoms with Crippen LogP contribution in [0.4, 0.5) is 0 Å². The topological polar surface area (TPSA) is 76.3 Å². The molecule has 2 atom stereocenters. The summed E-state index contributed by atoms with van der Waals surface area (Å²) in [7, 11) is 1.68. The molecule has 2 heterocycles. The molecule has 0 amide bonds. The van der Waals surface area contributed by atoms with Crippen LogP contribution in [0.1, 0.15) is 6.92 Å². The minimum absolute atomic E-state index is 0.0970. The van der Waals surface area contributed by atoms with E-state index in [2.05, 4.69) is 9.62 Å². The van der Waals surface area contributed by atoms with Gasteiger partial charge < -0.3 is 4.90 Å². The molecule has 0 radical (unpaired) electrons. The van der Waals surface area contributed by atoms with E-state index in [0.29, 0.717) is 17.6 Å². The molecule has 0 saturated carbocycles. The Bertz CT molecular complexity index is 913. The molecule has 1 aromatic heterocycles. The average Bonchev–Trinajstić information content (AvgIpc) is 2.91. The minimum atomic E-state index is -3.61. The summed E-state index contributed by atoms with van der Waals surface area (Å²) in [6.45, 7) is 3.62. The number of aryl methyl sites for hydroxylation is 2. The van der Waals surface area contributed by atoms with Gasteiger partial charge in [-0.15, -0.1) is 0 Å². The Morgan fingerprint density at radius 3 is 2.35 bits per heavy atom. The third-order valence-corrected chi connectivity index (χ3v) is 6.14. The minimum Gasteiger partial charge on any atom is -0.304 e. The van der Waals surface area contributed by atoms with Gasteiger partial charge in [0.15, 0.2) is 0 Å². The monoisotopic (exact) mass is 338 g/mol. The number of nitrogens with one attached hydrogen (secondary N) is 1. The van der Waals surface area contributed by atoms with Crippen LogP contribution >= 0.6 is 0 Å². The van der Waals surface area contributed by atoms with Crippen LogP contribution < -0.4 is 10.4 Å². The van der Waals surface area contributed by atoms with E-state index in [0.717, 1.165) is 6.54 Å². The van der Waals surface area contributed by atoms with E-state index in [1.165, 1.54) is 9.13 Å². The third kappa shape index (κ3) is 2.71. The van der Waals surface area contributed by atoms with E-state index < -0.39 is 10.0 Å². The molecule has 1 fully saturated rings. The molecule has 3 rings (SSSR count). The Morgan fingerprint density at radius 2 is 1.74 bits per heavy atom. The Balaban J connectivity index is 1.99. The lowest BCUT2D eigenvalue weighted by atomic mass is 10.1. The van der Waals surface area contributed by atoms with Crippen molar-refractivity contribution in [1.82, 2.24) is 18.8 Å². The van der Waals surface area contributed by atoms with Gasteiger partial charge in [0, 0.05) is 33.2 Å². The number of likely N-dealkylation sites (N-methyl/N-ethyl adjacent to an activating group) is 1. The van der Waals surface area contributed by atoms with Crippen LogP contribution in [0.15, 0.2) is 27.9 Å². The summed E-state index contributed by atoms with van der Waals surface area (Å²) in [5, 5.41) is 0. The molecular formula is C15H22N4O3S. The number of hydrogen-bond donors (Lipinski definition) is 1. The van der Waals surface area contributed by atoms with Crippen LogP contribution in [0, 0.1) is 5.92 Å². The van der Waals surface area contributed by atoms with Gasteiger partial charge in [-0.3, -0.25) is 9.13 Å². The van der Waals surface area contributed by atoms with Crippen molar-refractivity contribution in [3.63, 3.8) is 0 Å². The van der Waals surface area contributed by atoms with Gasteiger partial charge in [0.25, 0.3) is 0 Å². The van der Waals surface area contributed by atoms with Gasteiger partial charge in [-0.2, -0.15) is 0 Å². The highest BCUT2D eigenvalue weighted by Gasteiger charge is 2.31. The van der Waals surface area contributed by atoms with Crippen LogP contribution in [-0.4, -0.2) is 48.6 Å². The maximum Gasteiger partial charge on any atom is 0.328 e. The molecule has 1 N–H and O–H groups in total. The number of nitrogens with zero attached hydrogens (tertiary/aromatic N) is 3. The predicted molar refractivity (Wildman–Crippen MR) is 88.9 cm³/mol. The Labute approximate surface area is 135 Å². The van der Waals surface area contributed by atoms with Gasteiger partial charge in [0.1, 0.15) is 0 Å². The van der Waals surface area contributed by atoms with E-state index in [9.17, 15) is 13.2 Å². The molecule has 7 nitrogen and oxygen atoms in total. The zero-order chi connectivity index (χ0) is 16.9. The predicted octanol–water partition coefficient (Wildman–Crippen LogP) is 0.105. The van der Waals surface area contributed by atoms with Crippen molar-refractivity contribution in [3.8, 4) is 0 Å². The number of aromatic nitrogens is 2. The van der Waals surface area contributed by atoms with Crippen molar-refractivity contribution in [3.05, 3.63) is 28.7 Å². The number of fused-ring (bicyclic) bond motifs is 1. The zero-order valence-electron chi connectivity index (χ0n) is 13.8. The quantitative estimate of drug-likeness (QED) is 0.862. The fraction of sp³-hybridized carbons (Fsp3) is 0.533. The second kappa shape index (κ2) is 5.47. The molecular weight excluding hydrogens is 316 g/mol. The lowest BCUT2D eigenvalue weighted by molar-refractivity contribution is 0.400. The maximum atomic E-state index is 12.7. The van der Waals surface area contributed by atoms with Crippen molar-refractivity contribution in [2.75, 3.05) is 20.1 Å². The first-order valence-corrected chi connectivity index (χ1v) is 9.05. The van der Waals surface area contributed by atoms with Gasteiger partial charge in [-0.1, -0.05) is 6.92 Å². The van der Waals surface area contributed by atoms with Crippen molar-refractivity contribution >= 4 is 21.1 Å². The number of imidazole rings is 1. The molecule has 0 unspecified atom stereocenters. The summed E-state index contributed by atoms with van der Waals surface area (Å²) in [4.78, 5) is 14.3. The summed E-state index contributed by atoms with van der Waals surface area (Å²) in [5.74, 6) is 0.264. The first kappa shape index (κ1) is 16.2. The second-order valence-corrected chi connectivity index (χ2v) is 8.19. The second-order valence-electron chi connectivity index (χ2n) is 6.48. The summed E-state index contributed by atoms with van der Waals surface area (Å²) < 4.78 is 31.1. The number of benzene rings is 1. The van der Waals surface area contributed by atoms with Crippen LogP contribution in [0.5, 0.6) is 0 Å². The Hall–Kier alpha value is -1.64. The van der Waals surface area contributed by atoms with Gasteiger partial charge in [-0.25, -0.2) is 17.9 Å². The fourth-order valence-corrected chi connectivity index (χ4v) is 4.64. The highest BCUT2D eigenvalue weighted by atomic mass is 32.2. The number of sulfonamides is 1. The van der Waals surface area contributed by atoms with Gasteiger partial charge in [0.05, 0.1) is 15.9 Å². The molecule has 8 heteroatoms. The normalized spacial score (nSPS) is 23.0. The van der Waals surface area contributed by atoms with E-state index in [1.54, 1.807) is 32.3 Å². The molecule has 1 aliphatic heterocycles. The van der Waals surface area contributed by atoms with Gasteiger partial charge in [0.2, 0.25) is 10.0 Å². The smallest absolute Gasteiger partial charge is 0.304 e. The summed E-state index contributed by atoms with van der Waals surface area (Å²) >= 11 is 0. The molecule has 1 saturated heterocycles. The maximum absolute atomic E-state index is 12.7. The highest BCUT2D eigenvalue weighted by molar-refractivity contribution is 7.89. The van der Waals surface area contributed by atoms with E-state index in [4.69, 9.17) is 0 Å². The Kier molecular flexibility index (Phi) is 3.86. The summed E-state index contributed by atoms with van der Waals surface area (Å²) in [6.07, 6.45) is 0. The van der Waals surface area contributed by atoms with Crippen LogP contribution in [0.2, 0.25) is 0 Å². The van der Waals surface area contributed by atoms with E-state index in [-0.39, 0.29) is 22.5 Å². The highest BCUT2D eigenvalue weighted by Crippen LogP contribution is 2.21. The standard InChI is InChI=1S/C15H22N4O3S/c1-10-8-17(2)9-12(10)16-23(21,22)11-5-6-13-14(7-11)19(4)15(20)18(13)3/h5-7,10,12,16H,8-9H2,1-4H3/t10-,12+/m0/s1. The number of hydrogen-bond acceptors (Lipinski definition) is 4. The molecule has 0 aliphatic carbocycles. The van der Waals surface area contributed by atoms with Crippen molar-refractivity contribution in [1.29, 1.82) is 0 Å². The van der Waals surface area contributed by atoms with E-state index >= 15 is 0 Å². The first-order chi connectivity index (χ1) is 10.7. The summed E-state index contributed by atoms with van der Waals surface area (Å²) in [5.41, 5.74) is 1.15. The van der Waals surface area contributed by atoms with Crippen LogP contribution in [0.3, 0.4) is 0 Å². The molecule has 0 spiro atoms. The van der Waals surface area contributed by atoms with Crippen LogP contribution in [0.25, 0.3) is 11.0 Å². The van der Waals surface area contributed by atoms with E-state index in [1.807, 2.05) is 14.0 Å². The molecule has 1 aromatic carbocycles. The molecule has 126 valence electrons. The van der Waals surface area contributed by atoms with Crippen molar-refractivity contribution in [2.45, 2.75) is 17.9 Å². The largest absolute Gasteiger partial charge is 0.328 e.